The lowest BCUT2D eigenvalue weighted by Gasteiger charge is -2.35. The quantitative estimate of drug-likeness (QED) is 0.622. The fraction of sp³-hybridized carbons (Fsp3) is 0.533. The maximum atomic E-state index is 11.8. The molecule has 1 atom stereocenters. The molecule has 1 heterocycles. The number of esters is 1. The second-order valence-electron chi connectivity index (χ2n) is 5.70. The molecule has 1 fully saturated rings. The lowest BCUT2D eigenvalue weighted by molar-refractivity contribution is -0.150. The maximum absolute atomic E-state index is 11.8. The van der Waals surface area contributed by atoms with Crippen molar-refractivity contribution in [2.24, 2.45) is 0 Å². The maximum Gasteiger partial charge on any atom is 0.494 e. The van der Waals surface area contributed by atoms with Gasteiger partial charge in [-0.05, 0) is 33.2 Å². The summed E-state index contributed by atoms with van der Waals surface area (Å²) < 4.78 is 17.1. The van der Waals surface area contributed by atoms with E-state index in [0.717, 1.165) is 5.46 Å². The Bertz CT molecular complexity index is 474. The van der Waals surface area contributed by atoms with Crippen molar-refractivity contribution in [3.8, 4) is 0 Å². The van der Waals surface area contributed by atoms with E-state index < -0.39 is 18.3 Å². The third-order valence-electron chi connectivity index (χ3n) is 3.90. The topological polar surface area (TPSA) is 44.8 Å². The number of benzene rings is 1. The Balaban J connectivity index is 2.16. The van der Waals surface area contributed by atoms with Crippen LogP contribution in [0.3, 0.4) is 0 Å². The minimum Gasteiger partial charge on any atom is -0.466 e. The molecule has 2 rings (SSSR count). The number of hydrogen-bond donors (Lipinski definition) is 0. The van der Waals surface area contributed by atoms with Gasteiger partial charge < -0.3 is 14.0 Å². The lowest BCUT2D eigenvalue weighted by atomic mass is 9.79. The number of rotatable bonds is 4. The van der Waals surface area contributed by atoms with Crippen molar-refractivity contribution in [2.45, 2.75) is 45.3 Å². The highest BCUT2D eigenvalue weighted by Crippen LogP contribution is 2.39. The Morgan fingerprint density at radius 3 is 2.45 bits per heavy atom. The molecule has 0 radical (unpaired) electrons. The Labute approximate surface area is 120 Å². The summed E-state index contributed by atoms with van der Waals surface area (Å²) in [6, 6.07) is 9.74. The Kier molecular flexibility index (Phi) is 4.21. The molecular weight excluding hydrogens is 255 g/mol. The Morgan fingerprint density at radius 1 is 1.20 bits per heavy atom. The van der Waals surface area contributed by atoms with Crippen LogP contribution < -0.4 is 5.46 Å². The van der Waals surface area contributed by atoms with Crippen LogP contribution >= 0.6 is 0 Å². The lowest BCUT2D eigenvalue weighted by Crippen LogP contribution is -2.46. The summed E-state index contributed by atoms with van der Waals surface area (Å²) in [7, 11) is -0.453. The van der Waals surface area contributed by atoms with Gasteiger partial charge in [-0.1, -0.05) is 30.3 Å². The molecule has 0 saturated carbocycles. The highest BCUT2D eigenvalue weighted by atomic mass is 16.7. The summed E-state index contributed by atoms with van der Waals surface area (Å²) in [5.41, 5.74) is -0.326. The number of ether oxygens (including phenoxy) is 1. The predicted molar refractivity (Wildman–Crippen MR) is 77.7 cm³/mol. The molecule has 4 nitrogen and oxygen atoms in total. The van der Waals surface area contributed by atoms with Crippen LogP contribution in [-0.2, 0) is 18.8 Å². The molecule has 1 aliphatic heterocycles. The van der Waals surface area contributed by atoms with E-state index in [-0.39, 0.29) is 12.4 Å². The summed E-state index contributed by atoms with van der Waals surface area (Å²) in [5.74, 6) is -0.264. The van der Waals surface area contributed by atoms with Gasteiger partial charge in [-0.3, -0.25) is 4.79 Å². The van der Waals surface area contributed by atoms with E-state index >= 15 is 0 Å². The van der Waals surface area contributed by atoms with Crippen LogP contribution in [0.15, 0.2) is 30.3 Å². The molecule has 0 N–H and O–H groups in total. The molecule has 1 saturated heterocycles. The van der Waals surface area contributed by atoms with E-state index in [2.05, 4.69) is 0 Å². The van der Waals surface area contributed by atoms with Crippen LogP contribution in [0, 0.1) is 0 Å². The first-order chi connectivity index (χ1) is 9.38. The molecule has 1 aliphatic rings. The molecule has 5 heteroatoms. The van der Waals surface area contributed by atoms with Gasteiger partial charge in [-0.15, -0.1) is 0 Å². The van der Waals surface area contributed by atoms with E-state index in [1.54, 1.807) is 6.92 Å². The normalized spacial score (nSPS) is 24.7. The van der Waals surface area contributed by atoms with Gasteiger partial charge in [0.2, 0.25) is 0 Å². The van der Waals surface area contributed by atoms with Gasteiger partial charge in [0.25, 0.3) is 0 Å². The van der Waals surface area contributed by atoms with Gasteiger partial charge >= 0.3 is 13.1 Å². The average Bonchev–Trinajstić information content (AvgIpc) is 2.61. The minimum atomic E-state index is -0.709. The van der Waals surface area contributed by atoms with Crippen LogP contribution in [0.25, 0.3) is 0 Å². The van der Waals surface area contributed by atoms with Crippen molar-refractivity contribution in [1.82, 2.24) is 0 Å². The first kappa shape index (κ1) is 15.1. The first-order valence-electron chi connectivity index (χ1n) is 6.94. The molecule has 1 unspecified atom stereocenters. The molecule has 1 aromatic rings. The van der Waals surface area contributed by atoms with Crippen molar-refractivity contribution in [3.63, 3.8) is 0 Å². The third-order valence-corrected chi connectivity index (χ3v) is 3.90. The molecule has 108 valence electrons. The molecule has 20 heavy (non-hydrogen) atoms. The Morgan fingerprint density at radius 2 is 1.85 bits per heavy atom. The van der Waals surface area contributed by atoms with Crippen molar-refractivity contribution in [3.05, 3.63) is 30.3 Å². The monoisotopic (exact) mass is 276 g/mol. The number of carbonyl (C=O) groups is 1. The summed E-state index contributed by atoms with van der Waals surface area (Å²) in [6.07, 6.45) is 0.178. The van der Waals surface area contributed by atoms with Crippen LogP contribution in [0.5, 0.6) is 0 Å². The standard InChI is InChI=1S/C15H21BO4/c1-5-18-13(17)11-15(4)14(2,3)19-16(20-15)12-9-7-6-8-10-12/h6-10H,5,11H2,1-4H3. The zero-order chi connectivity index (χ0) is 14.8. The van der Waals surface area contributed by atoms with Gasteiger partial charge in [0.05, 0.1) is 24.2 Å². The van der Waals surface area contributed by atoms with Crippen molar-refractivity contribution >= 4 is 18.6 Å². The predicted octanol–water partition coefficient (Wildman–Crippen LogP) is 1.92. The van der Waals surface area contributed by atoms with Crippen LogP contribution in [0.2, 0.25) is 0 Å². The smallest absolute Gasteiger partial charge is 0.466 e. The van der Waals surface area contributed by atoms with Gasteiger partial charge in [0.1, 0.15) is 0 Å². The fourth-order valence-corrected chi connectivity index (χ4v) is 2.28. The fourth-order valence-electron chi connectivity index (χ4n) is 2.28. The largest absolute Gasteiger partial charge is 0.494 e. The molecule has 0 aliphatic carbocycles. The zero-order valence-electron chi connectivity index (χ0n) is 12.5. The SMILES string of the molecule is CCOC(=O)CC1(C)OB(c2ccccc2)OC1(C)C. The van der Waals surface area contributed by atoms with Crippen molar-refractivity contribution in [1.29, 1.82) is 0 Å². The second kappa shape index (κ2) is 5.58. The third kappa shape index (κ3) is 2.89. The number of carbonyl (C=O) groups excluding carboxylic acids is 1. The molecular formula is C15H21BO4. The molecule has 0 spiro atoms. The highest BCUT2D eigenvalue weighted by molar-refractivity contribution is 6.62. The van der Waals surface area contributed by atoms with E-state index in [1.807, 2.05) is 51.1 Å². The highest BCUT2D eigenvalue weighted by Gasteiger charge is 2.55. The van der Waals surface area contributed by atoms with E-state index in [0.29, 0.717) is 6.61 Å². The van der Waals surface area contributed by atoms with Crippen molar-refractivity contribution < 1.29 is 18.8 Å². The van der Waals surface area contributed by atoms with Crippen molar-refractivity contribution in [2.75, 3.05) is 6.61 Å². The zero-order valence-corrected chi connectivity index (χ0v) is 12.5. The molecule has 0 amide bonds. The van der Waals surface area contributed by atoms with Gasteiger partial charge in [0.15, 0.2) is 0 Å². The van der Waals surface area contributed by atoms with Crippen LogP contribution in [0.4, 0.5) is 0 Å². The van der Waals surface area contributed by atoms with E-state index in [1.165, 1.54) is 0 Å². The van der Waals surface area contributed by atoms with E-state index in [9.17, 15) is 4.79 Å². The second-order valence-corrected chi connectivity index (χ2v) is 5.70. The van der Waals surface area contributed by atoms with Gasteiger partial charge in [-0.2, -0.15) is 0 Å². The number of hydrogen-bond acceptors (Lipinski definition) is 4. The molecule has 1 aromatic carbocycles. The molecule has 0 bridgehead atoms. The summed E-state index contributed by atoms with van der Waals surface area (Å²) >= 11 is 0. The van der Waals surface area contributed by atoms with Gasteiger partial charge in [-0.25, -0.2) is 0 Å². The average molecular weight is 276 g/mol. The van der Waals surface area contributed by atoms with Crippen LogP contribution in [0.1, 0.15) is 34.1 Å². The van der Waals surface area contributed by atoms with E-state index in [4.69, 9.17) is 14.0 Å². The van der Waals surface area contributed by atoms with Crippen LogP contribution in [-0.4, -0.2) is 30.9 Å². The minimum absolute atomic E-state index is 0.178. The summed E-state index contributed by atoms with van der Waals surface area (Å²) in [4.78, 5) is 11.8. The molecule has 0 aromatic heterocycles. The summed E-state index contributed by atoms with van der Waals surface area (Å²) in [5, 5.41) is 0. The Hall–Kier alpha value is -1.33. The summed E-state index contributed by atoms with van der Waals surface area (Å²) in [6.45, 7) is 7.94. The first-order valence-corrected chi connectivity index (χ1v) is 6.94. The van der Waals surface area contributed by atoms with Gasteiger partial charge in [0, 0.05) is 0 Å².